The minimum Gasteiger partial charge on any atom is -0.287 e. The number of halogens is 3. The number of thioether (sulfide) groups is 1. The average molecular weight is 281 g/mol. The predicted octanol–water partition coefficient (Wildman–Crippen LogP) is 3.89. The largest absolute Gasteiger partial charge is 0.287 e. The van der Waals surface area contributed by atoms with Gasteiger partial charge < -0.3 is 0 Å². The van der Waals surface area contributed by atoms with Crippen molar-refractivity contribution in [2.45, 2.75) is 18.2 Å². The number of carbonyl (C=O) groups is 2. The van der Waals surface area contributed by atoms with Gasteiger partial charge in [-0.15, -0.1) is 0 Å². The van der Waals surface area contributed by atoms with Crippen LogP contribution >= 0.6 is 35.0 Å². The molecule has 0 unspecified atom stereocenters. The van der Waals surface area contributed by atoms with Gasteiger partial charge in [0.2, 0.25) is 0 Å². The molecule has 0 aliphatic heterocycles. The van der Waals surface area contributed by atoms with Crippen LogP contribution in [0.25, 0.3) is 0 Å². The molecule has 0 radical (unpaired) electrons. The SMILES string of the molecule is CCC(=O)Sc1cc(C(=O)Cl)c(F)cc1Cl. The Kier molecular flexibility index (Phi) is 4.77. The number of rotatable bonds is 3. The molecule has 0 aliphatic carbocycles. The summed E-state index contributed by atoms with van der Waals surface area (Å²) in [5, 5.41) is -0.951. The highest BCUT2D eigenvalue weighted by Gasteiger charge is 2.15. The maximum absolute atomic E-state index is 13.2. The summed E-state index contributed by atoms with van der Waals surface area (Å²) in [6.45, 7) is 1.69. The van der Waals surface area contributed by atoms with Crippen LogP contribution in [0.5, 0.6) is 0 Å². The van der Waals surface area contributed by atoms with Crippen LogP contribution < -0.4 is 0 Å². The molecule has 1 aromatic carbocycles. The molecule has 16 heavy (non-hydrogen) atoms. The molecule has 0 amide bonds. The molecule has 0 bridgehead atoms. The van der Waals surface area contributed by atoms with E-state index >= 15 is 0 Å². The van der Waals surface area contributed by atoms with Crippen LogP contribution in [0, 0.1) is 5.82 Å². The zero-order valence-corrected chi connectivity index (χ0v) is 10.5. The first-order valence-electron chi connectivity index (χ1n) is 4.35. The van der Waals surface area contributed by atoms with Gasteiger partial charge in [-0.3, -0.25) is 9.59 Å². The van der Waals surface area contributed by atoms with Crippen LogP contribution in [0.15, 0.2) is 17.0 Å². The number of benzene rings is 1. The Morgan fingerprint density at radius 1 is 1.44 bits per heavy atom. The molecule has 0 saturated heterocycles. The first-order chi connectivity index (χ1) is 7.45. The van der Waals surface area contributed by atoms with Gasteiger partial charge in [-0.1, -0.05) is 30.3 Å². The molecule has 0 heterocycles. The summed E-state index contributed by atoms with van der Waals surface area (Å²) >= 11 is 11.8. The topological polar surface area (TPSA) is 34.1 Å². The molecule has 86 valence electrons. The second-order valence-electron chi connectivity index (χ2n) is 2.86. The molecular weight excluding hydrogens is 274 g/mol. The molecule has 1 rings (SSSR count). The lowest BCUT2D eigenvalue weighted by molar-refractivity contribution is -0.110. The van der Waals surface area contributed by atoms with Gasteiger partial charge in [0.1, 0.15) is 5.82 Å². The van der Waals surface area contributed by atoms with Crippen molar-refractivity contribution in [3.05, 3.63) is 28.5 Å². The van der Waals surface area contributed by atoms with Gasteiger partial charge in [0, 0.05) is 11.3 Å². The fourth-order valence-corrected chi connectivity index (χ4v) is 2.09. The van der Waals surface area contributed by atoms with Crippen LogP contribution in [0.3, 0.4) is 0 Å². The third-order valence-electron chi connectivity index (χ3n) is 1.75. The van der Waals surface area contributed by atoms with E-state index in [1.165, 1.54) is 6.07 Å². The highest BCUT2D eigenvalue weighted by atomic mass is 35.5. The van der Waals surface area contributed by atoms with E-state index < -0.39 is 11.1 Å². The summed E-state index contributed by atoms with van der Waals surface area (Å²) in [5.41, 5.74) is -0.280. The van der Waals surface area contributed by atoms with Crippen molar-refractivity contribution < 1.29 is 14.0 Å². The van der Waals surface area contributed by atoms with Crippen LogP contribution in [-0.2, 0) is 4.79 Å². The van der Waals surface area contributed by atoms with Gasteiger partial charge in [0.15, 0.2) is 5.12 Å². The van der Waals surface area contributed by atoms with E-state index in [-0.39, 0.29) is 15.7 Å². The van der Waals surface area contributed by atoms with Crippen LogP contribution in [0.4, 0.5) is 4.39 Å². The molecule has 6 heteroatoms. The van der Waals surface area contributed by atoms with E-state index in [0.717, 1.165) is 17.8 Å². The van der Waals surface area contributed by atoms with Crippen molar-refractivity contribution in [3.63, 3.8) is 0 Å². The first-order valence-corrected chi connectivity index (χ1v) is 5.92. The summed E-state index contributed by atoms with van der Waals surface area (Å²) in [6.07, 6.45) is 0.322. The normalized spacial score (nSPS) is 10.2. The molecule has 0 fully saturated rings. The number of hydrogen-bond acceptors (Lipinski definition) is 3. The molecule has 0 spiro atoms. The Morgan fingerprint density at radius 3 is 2.56 bits per heavy atom. The van der Waals surface area contributed by atoms with E-state index in [4.69, 9.17) is 23.2 Å². The van der Waals surface area contributed by atoms with Crippen LogP contribution in [0.1, 0.15) is 23.7 Å². The molecule has 1 aromatic rings. The zero-order valence-electron chi connectivity index (χ0n) is 8.22. The summed E-state index contributed by atoms with van der Waals surface area (Å²) in [4.78, 5) is 22.4. The van der Waals surface area contributed by atoms with Crippen LogP contribution in [0.2, 0.25) is 5.02 Å². The Labute approximate surface area is 106 Å². The van der Waals surface area contributed by atoms with E-state index in [0.29, 0.717) is 11.3 Å². The Bertz CT molecular complexity index is 449. The van der Waals surface area contributed by atoms with Crippen molar-refractivity contribution in [1.29, 1.82) is 0 Å². The minimum atomic E-state index is -0.917. The maximum atomic E-state index is 13.2. The molecule has 0 aromatic heterocycles. The maximum Gasteiger partial charge on any atom is 0.255 e. The quantitative estimate of drug-likeness (QED) is 0.622. The lowest BCUT2D eigenvalue weighted by Gasteiger charge is -2.04. The molecular formula is C10H7Cl2FO2S. The van der Waals surface area contributed by atoms with Gasteiger partial charge in [-0.25, -0.2) is 4.39 Å². The van der Waals surface area contributed by atoms with E-state index in [1.54, 1.807) is 6.92 Å². The van der Waals surface area contributed by atoms with E-state index in [2.05, 4.69) is 0 Å². The molecule has 0 atom stereocenters. The smallest absolute Gasteiger partial charge is 0.255 e. The Hall–Kier alpha value is -0.580. The van der Waals surface area contributed by atoms with Gasteiger partial charge in [0.05, 0.1) is 10.6 Å². The van der Waals surface area contributed by atoms with Gasteiger partial charge in [-0.05, 0) is 23.7 Å². The number of hydrogen-bond donors (Lipinski definition) is 0. The van der Waals surface area contributed by atoms with Crippen LogP contribution in [-0.4, -0.2) is 10.4 Å². The standard InChI is InChI=1S/C10H7Cl2FO2S/c1-2-9(14)16-8-3-5(10(12)15)7(13)4-6(8)11/h3-4H,2H2,1H3. The molecule has 2 nitrogen and oxygen atoms in total. The third-order valence-corrected chi connectivity index (χ3v) is 3.45. The molecule has 0 aliphatic rings. The third kappa shape index (κ3) is 3.20. The van der Waals surface area contributed by atoms with E-state index in [1.807, 2.05) is 0 Å². The van der Waals surface area contributed by atoms with Crippen molar-refractivity contribution in [1.82, 2.24) is 0 Å². The lowest BCUT2D eigenvalue weighted by Crippen LogP contribution is -1.97. The summed E-state index contributed by atoms with van der Waals surface area (Å²) in [7, 11) is 0. The summed E-state index contributed by atoms with van der Waals surface area (Å²) < 4.78 is 13.2. The van der Waals surface area contributed by atoms with Gasteiger partial charge in [-0.2, -0.15) is 0 Å². The fraction of sp³-hybridized carbons (Fsp3) is 0.200. The highest BCUT2D eigenvalue weighted by Crippen LogP contribution is 2.31. The van der Waals surface area contributed by atoms with E-state index in [9.17, 15) is 14.0 Å². The molecule has 0 saturated carbocycles. The van der Waals surface area contributed by atoms with Crippen molar-refractivity contribution in [2.24, 2.45) is 0 Å². The second kappa shape index (κ2) is 5.66. The monoisotopic (exact) mass is 280 g/mol. The zero-order chi connectivity index (χ0) is 12.3. The summed E-state index contributed by atoms with van der Waals surface area (Å²) in [5.74, 6) is -0.793. The second-order valence-corrected chi connectivity index (χ2v) is 4.71. The van der Waals surface area contributed by atoms with Gasteiger partial charge in [0.25, 0.3) is 5.24 Å². The average Bonchev–Trinajstić information content (AvgIpc) is 2.21. The predicted molar refractivity (Wildman–Crippen MR) is 62.7 cm³/mol. The van der Waals surface area contributed by atoms with Gasteiger partial charge >= 0.3 is 0 Å². The Balaban J connectivity index is 3.14. The van der Waals surface area contributed by atoms with Crippen molar-refractivity contribution in [2.75, 3.05) is 0 Å². The Morgan fingerprint density at radius 2 is 2.06 bits per heavy atom. The number of carbonyl (C=O) groups excluding carboxylic acids is 2. The fourth-order valence-electron chi connectivity index (χ4n) is 0.953. The van der Waals surface area contributed by atoms with Crippen molar-refractivity contribution in [3.8, 4) is 0 Å². The first kappa shape index (κ1) is 13.5. The highest BCUT2D eigenvalue weighted by molar-refractivity contribution is 8.13. The van der Waals surface area contributed by atoms with Crippen molar-refractivity contribution >= 4 is 45.3 Å². The summed E-state index contributed by atoms with van der Waals surface area (Å²) in [6, 6.07) is 2.16. The lowest BCUT2D eigenvalue weighted by atomic mass is 10.2. The molecule has 0 N–H and O–H groups in total. The minimum absolute atomic E-state index is 0.0889.